The van der Waals surface area contributed by atoms with Crippen molar-refractivity contribution in [3.63, 3.8) is 0 Å². The quantitative estimate of drug-likeness (QED) is 0.864. The first-order valence-corrected chi connectivity index (χ1v) is 5.36. The van der Waals surface area contributed by atoms with Crippen LogP contribution in [0.4, 0.5) is 4.39 Å². The molecule has 0 atom stereocenters. The van der Waals surface area contributed by atoms with Crippen molar-refractivity contribution in [3.8, 4) is 17.2 Å². The van der Waals surface area contributed by atoms with Crippen LogP contribution >= 0.6 is 11.6 Å². The Morgan fingerprint density at radius 3 is 2.59 bits per heavy atom. The number of hydrogen-bond donors (Lipinski definition) is 1. The van der Waals surface area contributed by atoms with Crippen molar-refractivity contribution < 1.29 is 14.2 Å². The summed E-state index contributed by atoms with van der Waals surface area (Å²) in [5.74, 6) is -0.0123. The fraction of sp³-hybridized carbons (Fsp3) is 0.0769. The average molecular weight is 253 g/mol. The zero-order chi connectivity index (χ0) is 12.4. The van der Waals surface area contributed by atoms with E-state index in [0.29, 0.717) is 10.8 Å². The highest BCUT2D eigenvalue weighted by Gasteiger charge is 2.06. The molecule has 2 aromatic carbocycles. The topological polar surface area (TPSA) is 29.5 Å². The average Bonchev–Trinajstić information content (AvgIpc) is 2.27. The van der Waals surface area contributed by atoms with Crippen molar-refractivity contribution in [2.24, 2.45) is 0 Å². The van der Waals surface area contributed by atoms with E-state index in [1.807, 2.05) is 6.92 Å². The minimum atomic E-state index is -0.512. The highest BCUT2D eigenvalue weighted by atomic mass is 35.5. The number of phenols is 1. The lowest BCUT2D eigenvalue weighted by molar-refractivity contribution is 0.407. The molecule has 17 heavy (non-hydrogen) atoms. The Morgan fingerprint density at radius 1 is 1.18 bits per heavy atom. The molecule has 0 saturated carbocycles. The van der Waals surface area contributed by atoms with Crippen LogP contribution in [-0.4, -0.2) is 5.11 Å². The number of rotatable bonds is 2. The van der Waals surface area contributed by atoms with Crippen LogP contribution in [0.1, 0.15) is 5.56 Å². The summed E-state index contributed by atoms with van der Waals surface area (Å²) in [5.41, 5.74) is 0.866. The van der Waals surface area contributed by atoms with Crippen molar-refractivity contribution >= 4 is 11.6 Å². The molecule has 88 valence electrons. The maximum absolute atomic E-state index is 12.8. The second kappa shape index (κ2) is 4.63. The van der Waals surface area contributed by atoms with E-state index >= 15 is 0 Å². The zero-order valence-electron chi connectivity index (χ0n) is 9.08. The molecule has 0 bridgehead atoms. The molecule has 0 fully saturated rings. The van der Waals surface area contributed by atoms with E-state index in [0.717, 1.165) is 11.6 Å². The SMILES string of the molecule is Cc1cc(Oc2ccc(F)cc2O)ccc1Cl. The van der Waals surface area contributed by atoms with Crippen molar-refractivity contribution in [1.82, 2.24) is 0 Å². The Kier molecular flexibility index (Phi) is 3.20. The fourth-order valence-electron chi connectivity index (χ4n) is 1.38. The van der Waals surface area contributed by atoms with Gasteiger partial charge in [-0.05, 0) is 42.8 Å². The molecule has 0 amide bonds. The Balaban J connectivity index is 2.28. The number of aromatic hydroxyl groups is 1. The lowest BCUT2D eigenvalue weighted by Crippen LogP contribution is -1.87. The standard InChI is InChI=1S/C13H10ClFO2/c1-8-6-10(3-4-11(8)14)17-13-5-2-9(15)7-12(13)16/h2-7,16H,1H3. The summed E-state index contributed by atoms with van der Waals surface area (Å²) in [6.45, 7) is 1.85. The van der Waals surface area contributed by atoms with Crippen LogP contribution in [0.5, 0.6) is 17.2 Å². The first-order valence-electron chi connectivity index (χ1n) is 4.99. The van der Waals surface area contributed by atoms with Crippen LogP contribution in [0.3, 0.4) is 0 Å². The number of phenolic OH excluding ortho intramolecular Hbond substituents is 1. The van der Waals surface area contributed by atoms with Gasteiger partial charge in [-0.1, -0.05) is 11.6 Å². The Labute approximate surface area is 103 Å². The Morgan fingerprint density at radius 2 is 1.94 bits per heavy atom. The van der Waals surface area contributed by atoms with E-state index in [4.69, 9.17) is 16.3 Å². The van der Waals surface area contributed by atoms with Gasteiger partial charge in [-0.2, -0.15) is 0 Å². The van der Waals surface area contributed by atoms with Crippen molar-refractivity contribution in [3.05, 3.63) is 52.8 Å². The van der Waals surface area contributed by atoms with Crippen LogP contribution in [0.15, 0.2) is 36.4 Å². The molecule has 2 aromatic rings. The molecule has 2 rings (SSSR count). The monoisotopic (exact) mass is 252 g/mol. The van der Waals surface area contributed by atoms with Gasteiger partial charge in [0.25, 0.3) is 0 Å². The molecule has 4 heteroatoms. The van der Waals surface area contributed by atoms with Gasteiger partial charge < -0.3 is 9.84 Å². The molecule has 0 heterocycles. The van der Waals surface area contributed by atoms with Crippen molar-refractivity contribution in [2.45, 2.75) is 6.92 Å². The summed E-state index contributed by atoms with van der Waals surface area (Å²) < 4.78 is 18.2. The lowest BCUT2D eigenvalue weighted by atomic mass is 10.2. The Bertz CT molecular complexity index is 555. The van der Waals surface area contributed by atoms with E-state index in [9.17, 15) is 9.50 Å². The van der Waals surface area contributed by atoms with Gasteiger partial charge >= 0.3 is 0 Å². The third-order valence-corrected chi connectivity index (χ3v) is 2.70. The van der Waals surface area contributed by atoms with E-state index in [-0.39, 0.29) is 11.5 Å². The molecule has 0 unspecified atom stereocenters. The molecule has 0 spiro atoms. The van der Waals surface area contributed by atoms with E-state index in [2.05, 4.69) is 0 Å². The maximum Gasteiger partial charge on any atom is 0.169 e. The second-order valence-corrected chi connectivity index (χ2v) is 4.03. The molecule has 0 radical (unpaired) electrons. The maximum atomic E-state index is 12.8. The van der Waals surface area contributed by atoms with E-state index < -0.39 is 5.82 Å². The van der Waals surface area contributed by atoms with Gasteiger partial charge in [0, 0.05) is 11.1 Å². The summed E-state index contributed by atoms with van der Waals surface area (Å²) in [6, 6.07) is 8.71. The third kappa shape index (κ3) is 2.68. The highest BCUT2D eigenvalue weighted by Crippen LogP contribution is 2.32. The van der Waals surface area contributed by atoms with Crippen molar-refractivity contribution in [1.29, 1.82) is 0 Å². The van der Waals surface area contributed by atoms with Crippen LogP contribution in [-0.2, 0) is 0 Å². The normalized spacial score (nSPS) is 10.3. The molecule has 0 aliphatic heterocycles. The number of hydrogen-bond acceptors (Lipinski definition) is 2. The molecule has 1 N–H and O–H groups in total. The van der Waals surface area contributed by atoms with Gasteiger partial charge in [-0.3, -0.25) is 0 Å². The molecule has 2 nitrogen and oxygen atoms in total. The zero-order valence-corrected chi connectivity index (χ0v) is 9.83. The van der Waals surface area contributed by atoms with Gasteiger partial charge in [0.2, 0.25) is 0 Å². The summed E-state index contributed by atoms with van der Waals surface area (Å²) in [7, 11) is 0. The van der Waals surface area contributed by atoms with Crippen LogP contribution in [0, 0.1) is 12.7 Å². The second-order valence-electron chi connectivity index (χ2n) is 3.63. The minimum Gasteiger partial charge on any atom is -0.504 e. The molecule has 0 aromatic heterocycles. The van der Waals surface area contributed by atoms with Gasteiger partial charge in [0.1, 0.15) is 11.6 Å². The lowest BCUT2D eigenvalue weighted by Gasteiger charge is -2.08. The molecule has 0 aliphatic rings. The van der Waals surface area contributed by atoms with Crippen LogP contribution in [0.2, 0.25) is 5.02 Å². The fourth-order valence-corrected chi connectivity index (χ4v) is 1.50. The van der Waals surface area contributed by atoms with Gasteiger partial charge in [-0.15, -0.1) is 0 Å². The molecular formula is C13H10ClFO2. The van der Waals surface area contributed by atoms with Crippen molar-refractivity contribution in [2.75, 3.05) is 0 Å². The first kappa shape index (κ1) is 11.7. The predicted molar refractivity (Wildman–Crippen MR) is 64.3 cm³/mol. The van der Waals surface area contributed by atoms with Gasteiger partial charge in [-0.25, -0.2) is 4.39 Å². The van der Waals surface area contributed by atoms with E-state index in [1.165, 1.54) is 12.1 Å². The van der Waals surface area contributed by atoms with Crippen LogP contribution < -0.4 is 4.74 Å². The molecular weight excluding hydrogens is 243 g/mol. The summed E-state index contributed by atoms with van der Waals surface area (Å²) >= 11 is 5.88. The molecule has 0 aliphatic carbocycles. The number of ether oxygens (including phenoxy) is 1. The van der Waals surface area contributed by atoms with Crippen LogP contribution in [0.25, 0.3) is 0 Å². The first-order chi connectivity index (χ1) is 8.06. The number of aryl methyl sites for hydroxylation is 1. The largest absolute Gasteiger partial charge is 0.504 e. The third-order valence-electron chi connectivity index (χ3n) is 2.28. The molecule has 0 saturated heterocycles. The summed E-state index contributed by atoms with van der Waals surface area (Å²) in [5, 5.41) is 10.1. The Hall–Kier alpha value is -1.74. The minimum absolute atomic E-state index is 0.202. The smallest absolute Gasteiger partial charge is 0.169 e. The van der Waals surface area contributed by atoms with Gasteiger partial charge in [0.15, 0.2) is 11.5 Å². The number of halogens is 2. The van der Waals surface area contributed by atoms with E-state index in [1.54, 1.807) is 18.2 Å². The highest BCUT2D eigenvalue weighted by molar-refractivity contribution is 6.31. The summed E-state index contributed by atoms with van der Waals surface area (Å²) in [6.07, 6.45) is 0. The summed E-state index contributed by atoms with van der Waals surface area (Å²) in [4.78, 5) is 0. The van der Waals surface area contributed by atoms with Gasteiger partial charge in [0.05, 0.1) is 0 Å². The number of benzene rings is 2. The predicted octanol–water partition coefficient (Wildman–Crippen LogP) is 4.29.